The fourth-order valence-corrected chi connectivity index (χ4v) is 2.42. The number of carbonyl (C=O) groups is 3. The Morgan fingerprint density at radius 3 is 2.04 bits per heavy atom. The van der Waals surface area contributed by atoms with E-state index in [2.05, 4.69) is 31.4 Å². The fourth-order valence-electron chi connectivity index (χ4n) is 2.42. The van der Waals surface area contributed by atoms with E-state index >= 15 is 0 Å². The molecule has 0 unspecified atom stereocenters. The Morgan fingerprint density at radius 2 is 1.52 bits per heavy atom. The quantitative estimate of drug-likeness (QED) is 0.811. The molecule has 2 aromatic carbocycles. The van der Waals surface area contributed by atoms with Gasteiger partial charge in [0.05, 0.1) is 5.56 Å². The van der Waals surface area contributed by atoms with Gasteiger partial charge in [-0.2, -0.15) is 0 Å². The highest BCUT2D eigenvalue weighted by molar-refractivity contribution is 5.99. The Labute approximate surface area is 158 Å². The monoisotopic (exact) mass is 368 g/mol. The lowest BCUT2D eigenvalue weighted by atomic mass is 9.87. The SMILES string of the molecule is CNC(=O)NC(=O)[C@@H](OC(=O)c1ccc(C(C)(C)C)cc1)c1ccccc1. The van der Waals surface area contributed by atoms with Gasteiger partial charge in [0, 0.05) is 12.6 Å². The van der Waals surface area contributed by atoms with Gasteiger partial charge in [-0.3, -0.25) is 10.1 Å². The molecular formula is C21H24N2O4. The first kappa shape index (κ1) is 20.2. The summed E-state index contributed by atoms with van der Waals surface area (Å²) in [5.41, 5.74) is 1.84. The number of imide groups is 1. The minimum Gasteiger partial charge on any atom is -0.444 e. The molecule has 6 heteroatoms. The lowest BCUT2D eigenvalue weighted by Gasteiger charge is -2.20. The highest BCUT2D eigenvalue weighted by Crippen LogP contribution is 2.24. The molecule has 3 amide bonds. The van der Waals surface area contributed by atoms with Gasteiger partial charge in [0.1, 0.15) is 0 Å². The summed E-state index contributed by atoms with van der Waals surface area (Å²) in [5.74, 6) is -1.36. The smallest absolute Gasteiger partial charge is 0.339 e. The van der Waals surface area contributed by atoms with Crippen molar-refractivity contribution in [1.29, 1.82) is 0 Å². The molecule has 1 atom stereocenters. The molecule has 0 radical (unpaired) electrons. The van der Waals surface area contributed by atoms with Crippen LogP contribution in [0.5, 0.6) is 0 Å². The molecule has 0 saturated heterocycles. The van der Waals surface area contributed by atoms with Crippen LogP contribution >= 0.6 is 0 Å². The highest BCUT2D eigenvalue weighted by Gasteiger charge is 2.27. The van der Waals surface area contributed by atoms with E-state index < -0.39 is 24.0 Å². The van der Waals surface area contributed by atoms with Gasteiger partial charge in [-0.15, -0.1) is 0 Å². The first-order chi connectivity index (χ1) is 12.7. The number of esters is 1. The molecule has 0 aromatic heterocycles. The van der Waals surface area contributed by atoms with Crippen LogP contribution in [0.2, 0.25) is 0 Å². The van der Waals surface area contributed by atoms with Crippen molar-refractivity contribution < 1.29 is 19.1 Å². The topological polar surface area (TPSA) is 84.5 Å². The van der Waals surface area contributed by atoms with Crippen molar-refractivity contribution in [3.8, 4) is 0 Å². The number of nitrogens with one attached hydrogen (secondary N) is 2. The predicted molar refractivity (Wildman–Crippen MR) is 102 cm³/mol. The molecule has 2 N–H and O–H groups in total. The maximum absolute atomic E-state index is 12.5. The standard InChI is InChI=1S/C21H24N2O4/c1-21(2,3)16-12-10-15(11-13-16)19(25)27-17(14-8-6-5-7-9-14)18(24)23-20(26)22-4/h5-13,17H,1-4H3,(H2,22,23,24,26)/t17-/m0/s1. The van der Waals surface area contributed by atoms with E-state index in [9.17, 15) is 14.4 Å². The van der Waals surface area contributed by atoms with Crippen molar-refractivity contribution >= 4 is 17.9 Å². The summed E-state index contributed by atoms with van der Waals surface area (Å²) in [6, 6.07) is 14.9. The zero-order valence-electron chi connectivity index (χ0n) is 15.9. The van der Waals surface area contributed by atoms with E-state index in [1.165, 1.54) is 7.05 Å². The molecule has 0 aliphatic heterocycles. The maximum Gasteiger partial charge on any atom is 0.339 e. The molecular weight excluding hydrogens is 344 g/mol. The summed E-state index contributed by atoms with van der Waals surface area (Å²) in [7, 11) is 1.39. The number of benzene rings is 2. The van der Waals surface area contributed by atoms with E-state index in [1.807, 2.05) is 12.1 Å². The molecule has 0 fully saturated rings. The molecule has 0 aliphatic rings. The summed E-state index contributed by atoms with van der Waals surface area (Å²) < 4.78 is 5.42. The molecule has 0 saturated carbocycles. The van der Waals surface area contributed by atoms with Gasteiger partial charge in [0.15, 0.2) is 0 Å². The van der Waals surface area contributed by atoms with Gasteiger partial charge in [0.2, 0.25) is 6.10 Å². The summed E-state index contributed by atoms with van der Waals surface area (Å²) >= 11 is 0. The zero-order chi connectivity index (χ0) is 20.0. The highest BCUT2D eigenvalue weighted by atomic mass is 16.5. The summed E-state index contributed by atoms with van der Waals surface area (Å²) in [4.78, 5) is 36.4. The number of rotatable bonds is 4. The van der Waals surface area contributed by atoms with Gasteiger partial charge in [-0.25, -0.2) is 9.59 Å². The zero-order valence-corrected chi connectivity index (χ0v) is 15.9. The van der Waals surface area contributed by atoms with Gasteiger partial charge in [-0.1, -0.05) is 63.2 Å². The predicted octanol–water partition coefficient (Wildman–Crippen LogP) is 3.34. The second-order valence-corrected chi connectivity index (χ2v) is 7.09. The Balaban J connectivity index is 2.23. The van der Waals surface area contributed by atoms with Crippen molar-refractivity contribution in [3.05, 3.63) is 71.3 Å². The Bertz CT molecular complexity index is 808. The second kappa shape index (κ2) is 8.49. The molecule has 27 heavy (non-hydrogen) atoms. The largest absolute Gasteiger partial charge is 0.444 e. The van der Waals surface area contributed by atoms with Crippen molar-refractivity contribution in [2.45, 2.75) is 32.3 Å². The van der Waals surface area contributed by atoms with Crippen LogP contribution in [0.3, 0.4) is 0 Å². The van der Waals surface area contributed by atoms with Crippen LogP contribution in [0, 0.1) is 0 Å². The van der Waals surface area contributed by atoms with E-state index in [0.29, 0.717) is 11.1 Å². The number of ether oxygens (including phenoxy) is 1. The molecule has 2 aromatic rings. The molecule has 0 aliphatic carbocycles. The number of amides is 3. The molecule has 0 bridgehead atoms. The van der Waals surface area contributed by atoms with Crippen molar-refractivity contribution in [1.82, 2.24) is 10.6 Å². The third-order valence-corrected chi connectivity index (χ3v) is 4.02. The van der Waals surface area contributed by atoms with Crippen LogP contribution in [-0.4, -0.2) is 25.0 Å². The van der Waals surface area contributed by atoms with Crippen LogP contribution in [-0.2, 0) is 14.9 Å². The van der Waals surface area contributed by atoms with Gasteiger partial charge in [-0.05, 0) is 23.1 Å². The van der Waals surface area contributed by atoms with Crippen molar-refractivity contribution in [3.63, 3.8) is 0 Å². The lowest BCUT2D eigenvalue weighted by molar-refractivity contribution is -0.129. The van der Waals surface area contributed by atoms with Crippen LogP contribution < -0.4 is 10.6 Å². The fraction of sp³-hybridized carbons (Fsp3) is 0.286. The van der Waals surface area contributed by atoms with Crippen LogP contribution in [0.4, 0.5) is 4.79 Å². The maximum atomic E-state index is 12.5. The average molecular weight is 368 g/mol. The minimum atomic E-state index is -1.24. The molecule has 0 heterocycles. The van der Waals surface area contributed by atoms with E-state index in [4.69, 9.17) is 4.74 Å². The first-order valence-corrected chi connectivity index (χ1v) is 8.61. The Morgan fingerprint density at radius 1 is 0.926 bits per heavy atom. The van der Waals surface area contributed by atoms with Gasteiger partial charge < -0.3 is 10.1 Å². The molecule has 142 valence electrons. The summed E-state index contributed by atoms with van der Waals surface area (Å²) in [5, 5.41) is 4.44. The lowest BCUT2D eigenvalue weighted by Crippen LogP contribution is -2.41. The third kappa shape index (κ3) is 5.41. The van der Waals surface area contributed by atoms with E-state index in [1.54, 1.807) is 42.5 Å². The summed E-state index contributed by atoms with van der Waals surface area (Å²) in [6.45, 7) is 6.23. The first-order valence-electron chi connectivity index (χ1n) is 8.61. The van der Waals surface area contributed by atoms with Gasteiger partial charge >= 0.3 is 12.0 Å². The van der Waals surface area contributed by atoms with Crippen molar-refractivity contribution in [2.24, 2.45) is 0 Å². The Kier molecular flexibility index (Phi) is 6.34. The van der Waals surface area contributed by atoms with E-state index in [0.717, 1.165) is 5.56 Å². The summed E-state index contributed by atoms with van der Waals surface area (Å²) in [6.07, 6.45) is -1.24. The van der Waals surface area contributed by atoms with Crippen LogP contribution in [0.15, 0.2) is 54.6 Å². The number of carbonyl (C=O) groups excluding carboxylic acids is 3. The second-order valence-electron chi connectivity index (χ2n) is 7.09. The Hall–Kier alpha value is -3.15. The molecule has 2 rings (SSSR count). The molecule has 6 nitrogen and oxygen atoms in total. The minimum absolute atomic E-state index is 0.0393. The average Bonchev–Trinajstić information content (AvgIpc) is 2.65. The third-order valence-electron chi connectivity index (χ3n) is 4.02. The normalized spacial score (nSPS) is 12.0. The van der Waals surface area contributed by atoms with Gasteiger partial charge in [0.25, 0.3) is 5.91 Å². The van der Waals surface area contributed by atoms with E-state index in [-0.39, 0.29) is 5.41 Å². The number of hydrogen-bond acceptors (Lipinski definition) is 4. The number of hydrogen-bond donors (Lipinski definition) is 2. The number of urea groups is 1. The van der Waals surface area contributed by atoms with Crippen LogP contribution in [0.1, 0.15) is 48.4 Å². The van der Waals surface area contributed by atoms with Crippen molar-refractivity contribution in [2.75, 3.05) is 7.05 Å². The van der Waals surface area contributed by atoms with Crippen LogP contribution in [0.25, 0.3) is 0 Å². The molecule has 0 spiro atoms.